The summed E-state index contributed by atoms with van der Waals surface area (Å²) < 4.78 is 38.1. The Balaban J connectivity index is 1.76. The molecular weight excluding hydrogens is 302 g/mol. The first-order chi connectivity index (χ1) is 10.5. The highest BCUT2D eigenvalue weighted by atomic mass is 32.2. The average molecular weight is 319 g/mol. The van der Waals surface area contributed by atoms with Crippen molar-refractivity contribution >= 4 is 15.7 Å². The van der Waals surface area contributed by atoms with Crippen LogP contribution in [0, 0.1) is 6.92 Å². The number of rotatable bonds is 6. The summed E-state index contributed by atoms with van der Waals surface area (Å²) in [5.74, 6) is 0.612. The number of hydrogen-bond donors (Lipinski definition) is 1. The number of sulfonamides is 1. The van der Waals surface area contributed by atoms with Crippen molar-refractivity contribution in [3.63, 3.8) is 0 Å². The van der Waals surface area contributed by atoms with E-state index in [4.69, 9.17) is 9.47 Å². The van der Waals surface area contributed by atoms with Gasteiger partial charge in [0.05, 0.1) is 17.2 Å². The van der Waals surface area contributed by atoms with E-state index in [2.05, 4.69) is 4.72 Å². The zero-order chi connectivity index (χ0) is 15.6. The lowest BCUT2D eigenvalue weighted by atomic mass is 10.2. The largest absolute Gasteiger partial charge is 0.491 e. The number of aryl methyl sites for hydroxylation is 1. The Bertz CT molecular complexity index is 769. The Kier molecular flexibility index (Phi) is 4.04. The van der Waals surface area contributed by atoms with Crippen LogP contribution in [0.3, 0.4) is 0 Å². The molecule has 2 aromatic rings. The molecule has 1 atom stereocenters. The highest BCUT2D eigenvalue weighted by molar-refractivity contribution is 7.92. The molecule has 0 aromatic heterocycles. The summed E-state index contributed by atoms with van der Waals surface area (Å²) >= 11 is 0. The minimum atomic E-state index is -3.61. The Morgan fingerprint density at radius 2 is 2.00 bits per heavy atom. The van der Waals surface area contributed by atoms with Crippen LogP contribution >= 0.6 is 0 Å². The van der Waals surface area contributed by atoms with Crippen LogP contribution < -0.4 is 9.46 Å². The highest BCUT2D eigenvalue weighted by Crippen LogP contribution is 2.23. The van der Waals surface area contributed by atoms with Gasteiger partial charge in [-0.15, -0.1) is 0 Å². The van der Waals surface area contributed by atoms with Crippen molar-refractivity contribution < 1.29 is 17.9 Å². The van der Waals surface area contributed by atoms with Crippen LogP contribution in [0.4, 0.5) is 5.69 Å². The molecule has 0 bridgehead atoms. The first kappa shape index (κ1) is 14.9. The van der Waals surface area contributed by atoms with E-state index in [0.29, 0.717) is 23.6 Å². The lowest BCUT2D eigenvalue weighted by molar-refractivity contribution is 0.263. The van der Waals surface area contributed by atoms with Crippen molar-refractivity contribution in [1.29, 1.82) is 0 Å². The van der Waals surface area contributed by atoms with Gasteiger partial charge in [0.2, 0.25) is 0 Å². The maximum atomic E-state index is 12.4. The molecule has 1 fully saturated rings. The molecule has 1 aliphatic rings. The molecule has 116 valence electrons. The van der Waals surface area contributed by atoms with Crippen LogP contribution in [0.25, 0.3) is 0 Å². The molecule has 3 rings (SSSR count). The molecule has 1 N–H and O–H groups in total. The Morgan fingerprint density at radius 3 is 2.73 bits per heavy atom. The maximum absolute atomic E-state index is 12.4. The first-order valence-corrected chi connectivity index (χ1v) is 8.46. The number of anilines is 1. The van der Waals surface area contributed by atoms with Crippen LogP contribution in [0.1, 0.15) is 5.56 Å². The zero-order valence-electron chi connectivity index (χ0n) is 12.2. The van der Waals surface area contributed by atoms with E-state index in [0.717, 1.165) is 6.61 Å². The third-order valence-corrected chi connectivity index (χ3v) is 4.85. The van der Waals surface area contributed by atoms with Gasteiger partial charge in [-0.1, -0.05) is 24.3 Å². The molecule has 6 heteroatoms. The van der Waals surface area contributed by atoms with Crippen LogP contribution in [-0.4, -0.2) is 27.7 Å². The molecule has 2 aromatic carbocycles. The predicted octanol–water partition coefficient (Wildman–Crippen LogP) is 2.57. The lowest BCUT2D eigenvalue weighted by Crippen LogP contribution is -2.14. The number of nitrogens with one attached hydrogen (secondary N) is 1. The third-order valence-electron chi connectivity index (χ3n) is 3.31. The van der Waals surface area contributed by atoms with E-state index >= 15 is 0 Å². The topological polar surface area (TPSA) is 67.9 Å². The molecule has 22 heavy (non-hydrogen) atoms. The normalized spacial score (nSPS) is 17.0. The van der Waals surface area contributed by atoms with Gasteiger partial charge in [-0.05, 0) is 30.7 Å². The van der Waals surface area contributed by atoms with E-state index in [1.165, 1.54) is 0 Å². The van der Waals surface area contributed by atoms with Gasteiger partial charge in [0.15, 0.2) is 0 Å². The van der Waals surface area contributed by atoms with E-state index < -0.39 is 10.0 Å². The van der Waals surface area contributed by atoms with Gasteiger partial charge in [0.1, 0.15) is 18.5 Å². The molecule has 1 unspecified atom stereocenters. The van der Waals surface area contributed by atoms with Gasteiger partial charge < -0.3 is 9.47 Å². The fourth-order valence-corrected chi connectivity index (χ4v) is 3.37. The SMILES string of the molecule is Cc1ccccc1S(=O)(=O)Nc1cccc(OCC2CO2)c1. The van der Waals surface area contributed by atoms with Gasteiger partial charge >= 0.3 is 0 Å². The van der Waals surface area contributed by atoms with E-state index in [1.807, 2.05) is 6.07 Å². The monoisotopic (exact) mass is 319 g/mol. The second kappa shape index (κ2) is 5.98. The van der Waals surface area contributed by atoms with Gasteiger partial charge in [-0.25, -0.2) is 8.42 Å². The minimum absolute atomic E-state index is 0.160. The Hall–Kier alpha value is -2.05. The Morgan fingerprint density at radius 1 is 1.23 bits per heavy atom. The molecule has 0 saturated carbocycles. The highest BCUT2D eigenvalue weighted by Gasteiger charge is 2.23. The second-order valence-corrected chi connectivity index (χ2v) is 6.82. The van der Waals surface area contributed by atoms with Gasteiger partial charge in [0, 0.05) is 6.07 Å². The summed E-state index contributed by atoms with van der Waals surface area (Å²) in [6.07, 6.45) is 0.160. The minimum Gasteiger partial charge on any atom is -0.491 e. The second-order valence-electron chi connectivity index (χ2n) is 5.17. The van der Waals surface area contributed by atoms with Crippen LogP contribution in [0.2, 0.25) is 0 Å². The molecule has 0 radical (unpaired) electrons. The van der Waals surface area contributed by atoms with E-state index in [9.17, 15) is 8.42 Å². The van der Waals surface area contributed by atoms with Crippen molar-refractivity contribution in [1.82, 2.24) is 0 Å². The molecule has 1 heterocycles. The van der Waals surface area contributed by atoms with Gasteiger partial charge in [-0.2, -0.15) is 0 Å². The van der Waals surface area contributed by atoms with Crippen molar-refractivity contribution in [2.45, 2.75) is 17.9 Å². The van der Waals surface area contributed by atoms with Gasteiger partial charge in [0.25, 0.3) is 10.0 Å². The summed E-state index contributed by atoms with van der Waals surface area (Å²) in [4.78, 5) is 0.271. The molecule has 1 aliphatic heterocycles. The number of hydrogen-bond acceptors (Lipinski definition) is 4. The number of epoxide rings is 1. The average Bonchev–Trinajstić information content (AvgIpc) is 3.29. The maximum Gasteiger partial charge on any atom is 0.262 e. The standard InChI is InChI=1S/C16H17NO4S/c1-12-5-2-3-8-16(12)22(18,19)17-13-6-4-7-14(9-13)20-10-15-11-21-15/h2-9,15,17H,10-11H2,1H3. The number of benzene rings is 2. The van der Waals surface area contributed by atoms with E-state index in [1.54, 1.807) is 49.4 Å². The molecule has 0 amide bonds. The summed E-state index contributed by atoms with van der Waals surface area (Å²) in [5, 5.41) is 0. The molecule has 0 aliphatic carbocycles. The van der Waals surface area contributed by atoms with Crippen molar-refractivity contribution in [2.24, 2.45) is 0 Å². The van der Waals surface area contributed by atoms with E-state index in [-0.39, 0.29) is 11.0 Å². The summed E-state index contributed by atoms with van der Waals surface area (Å²) in [7, 11) is -3.61. The molecule has 1 saturated heterocycles. The first-order valence-electron chi connectivity index (χ1n) is 6.97. The lowest BCUT2D eigenvalue weighted by Gasteiger charge is -2.11. The summed E-state index contributed by atoms with van der Waals surface area (Å²) in [6.45, 7) is 2.97. The van der Waals surface area contributed by atoms with Gasteiger partial charge in [-0.3, -0.25) is 4.72 Å². The fraction of sp³-hybridized carbons (Fsp3) is 0.250. The Labute approximate surface area is 129 Å². The zero-order valence-corrected chi connectivity index (χ0v) is 13.0. The third kappa shape index (κ3) is 3.58. The van der Waals surface area contributed by atoms with Crippen LogP contribution in [0.5, 0.6) is 5.75 Å². The smallest absolute Gasteiger partial charge is 0.262 e. The molecular formula is C16H17NO4S. The fourth-order valence-electron chi connectivity index (χ4n) is 2.07. The van der Waals surface area contributed by atoms with Crippen molar-refractivity contribution in [3.05, 3.63) is 54.1 Å². The van der Waals surface area contributed by atoms with Crippen LogP contribution in [0.15, 0.2) is 53.4 Å². The van der Waals surface area contributed by atoms with Crippen molar-refractivity contribution in [2.75, 3.05) is 17.9 Å². The van der Waals surface area contributed by atoms with Crippen molar-refractivity contribution in [3.8, 4) is 5.75 Å². The number of ether oxygens (including phenoxy) is 2. The van der Waals surface area contributed by atoms with Crippen LogP contribution in [-0.2, 0) is 14.8 Å². The predicted molar refractivity (Wildman–Crippen MR) is 83.7 cm³/mol. The quantitative estimate of drug-likeness (QED) is 0.831. The summed E-state index contributed by atoms with van der Waals surface area (Å²) in [6, 6.07) is 13.8. The molecule has 0 spiro atoms. The summed E-state index contributed by atoms with van der Waals surface area (Å²) in [5.41, 5.74) is 1.17. The molecule has 5 nitrogen and oxygen atoms in total.